The van der Waals surface area contributed by atoms with Crippen LogP contribution in [-0.4, -0.2) is 34.9 Å². The molecule has 0 bridgehead atoms. The molecule has 0 aliphatic heterocycles. The summed E-state index contributed by atoms with van der Waals surface area (Å²) in [5.74, 6) is 0.445. The van der Waals surface area contributed by atoms with E-state index in [-0.39, 0.29) is 17.6 Å². The Morgan fingerprint density at radius 2 is 1.96 bits per heavy atom. The van der Waals surface area contributed by atoms with Crippen LogP contribution >= 0.6 is 0 Å². The molecule has 134 valence electrons. The number of fused-ring (bicyclic) bond motifs is 1. The Hall–Kier alpha value is -3.35. The van der Waals surface area contributed by atoms with Gasteiger partial charge in [-0.1, -0.05) is 30.3 Å². The van der Waals surface area contributed by atoms with Crippen LogP contribution in [0.2, 0.25) is 0 Å². The van der Waals surface area contributed by atoms with Crippen molar-refractivity contribution in [3.05, 3.63) is 69.9 Å². The fraction of sp³-hybridized carbons (Fsp3) is 0.211. The number of nitro benzene ring substituents is 1. The van der Waals surface area contributed by atoms with Gasteiger partial charge in [0.2, 0.25) is 0 Å². The van der Waals surface area contributed by atoms with E-state index in [0.29, 0.717) is 22.3 Å². The van der Waals surface area contributed by atoms with E-state index in [1.165, 1.54) is 6.07 Å². The number of H-pyrrole nitrogens is 1. The zero-order chi connectivity index (χ0) is 18.8. The predicted octanol–water partition coefficient (Wildman–Crippen LogP) is 3.92. The Labute approximate surface area is 150 Å². The third-order valence-corrected chi connectivity index (χ3v) is 4.55. The van der Waals surface area contributed by atoms with Crippen molar-refractivity contribution in [3.63, 3.8) is 0 Å². The van der Waals surface area contributed by atoms with Crippen LogP contribution in [0.15, 0.2) is 48.5 Å². The summed E-state index contributed by atoms with van der Waals surface area (Å²) in [4.78, 5) is 28.1. The molecule has 3 aromatic rings. The number of carbonyl (C=O) groups excluding carboxylic acids is 1. The van der Waals surface area contributed by atoms with Crippen LogP contribution in [0.3, 0.4) is 0 Å². The number of nitrogens with zero attached hydrogens (tertiary/aromatic N) is 2. The van der Waals surface area contributed by atoms with Crippen LogP contribution in [0.4, 0.5) is 5.69 Å². The number of aromatic amines is 1. The number of non-ortho nitro benzene ring substituents is 1. The predicted molar refractivity (Wildman–Crippen MR) is 98.5 cm³/mol. The van der Waals surface area contributed by atoms with E-state index in [4.69, 9.17) is 4.74 Å². The first-order valence-corrected chi connectivity index (χ1v) is 8.10. The van der Waals surface area contributed by atoms with Crippen molar-refractivity contribution >= 4 is 22.5 Å². The van der Waals surface area contributed by atoms with Gasteiger partial charge >= 0.3 is 0 Å². The van der Waals surface area contributed by atoms with Gasteiger partial charge in [0.15, 0.2) is 0 Å². The number of para-hydroxylation sites is 2. The third-order valence-electron chi connectivity index (χ3n) is 4.55. The Morgan fingerprint density at radius 3 is 2.65 bits per heavy atom. The summed E-state index contributed by atoms with van der Waals surface area (Å²) in [5.41, 5.74) is 1.48. The van der Waals surface area contributed by atoms with Gasteiger partial charge in [0.05, 0.1) is 18.1 Å². The summed E-state index contributed by atoms with van der Waals surface area (Å²) in [5, 5.41) is 11.8. The number of hydrogen-bond donors (Lipinski definition) is 1. The number of ether oxygens (including phenoxy) is 1. The number of nitrogens with one attached hydrogen (secondary N) is 1. The maximum Gasteiger partial charge on any atom is 0.293 e. The lowest BCUT2D eigenvalue weighted by atomic mass is 10.1. The molecule has 0 unspecified atom stereocenters. The van der Waals surface area contributed by atoms with E-state index in [2.05, 4.69) is 4.98 Å². The molecule has 1 N–H and O–H groups in total. The molecule has 0 aliphatic carbocycles. The number of carbonyl (C=O) groups is 1. The highest BCUT2D eigenvalue weighted by Gasteiger charge is 2.24. The average molecular weight is 353 g/mol. The molecule has 0 radical (unpaired) electrons. The minimum Gasteiger partial charge on any atom is -0.496 e. The van der Waals surface area contributed by atoms with Gasteiger partial charge in [0.25, 0.3) is 11.6 Å². The van der Waals surface area contributed by atoms with Crippen molar-refractivity contribution in [3.8, 4) is 5.75 Å². The van der Waals surface area contributed by atoms with Gasteiger partial charge in [-0.2, -0.15) is 0 Å². The van der Waals surface area contributed by atoms with Crippen LogP contribution < -0.4 is 4.74 Å². The van der Waals surface area contributed by atoms with Gasteiger partial charge in [-0.15, -0.1) is 0 Å². The summed E-state index contributed by atoms with van der Waals surface area (Å²) in [6, 6.07) is 13.7. The number of amides is 1. The molecule has 0 aliphatic rings. The lowest BCUT2D eigenvalue weighted by Gasteiger charge is -2.26. The minimum absolute atomic E-state index is 0.0537. The molecule has 0 saturated carbocycles. The van der Waals surface area contributed by atoms with Gasteiger partial charge in [-0.25, -0.2) is 0 Å². The first-order chi connectivity index (χ1) is 12.4. The van der Waals surface area contributed by atoms with Crippen molar-refractivity contribution in [1.82, 2.24) is 9.88 Å². The van der Waals surface area contributed by atoms with Crippen molar-refractivity contribution in [2.24, 2.45) is 0 Å². The Morgan fingerprint density at radius 1 is 1.23 bits per heavy atom. The maximum atomic E-state index is 12.9. The second-order valence-electron chi connectivity index (χ2n) is 6.02. The smallest absolute Gasteiger partial charge is 0.293 e. The summed E-state index contributed by atoms with van der Waals surface area (Å²) in [6.07, 6.45) is 0. The molecule has 0 saturated heterocycles. The second-order valence-corrected chi connectivity index (χ2v) is 6.02. The molecule has 1 aromatic heterocycles. The molecule has 7 heteroatoms. The fourth-order valence-corrected chi connectivity index (χ4v) is 2.99. The molecule has 2 aromatic carbocycles. The van der Waals surface area contributed by atoms with Crippen molar-refractivity contribution in [2.75, 3.05) is 14.2 Å². The van der Waals surface area contributed by atoms with Crippen LogP contribution in [0.25, 0.3) is 10.9 Å². The highest BCUT2D eigenvalue weighted by atomic mass is 16.6. The quantitative estimate of drug-likeness (QED) is 0.556. The fourth-order valence-electron chi connectivity index (χ4n) is 2.99. The van der Waals surface area contributed by atoms with Gasteiger partial charge in [-0.05, 0) is 19.1 Å². The Kier molecular flexibility index (Phi) is 4.62. The average Bonchev–Trinajstić information content (AvgIpc) is 3.10. The number of nitro groups is 1. The number of methoxy groups -OCH3 is 1. The van der Waals surface area contributed by atoms with Gasteiger partial charge in [0, 0.05) is 24.1 Å². The molecular formula is C19H19N3O4. The van der Waals surface area contributed by atoms with Crippen molar-refractivity contribution in [1.29, 1.82) is 0 Å². The topological polar surface area (TPSA) is 88.5 Å². The zero-order valence-corrected chi connectivity index (χ0v) is 14.7. The van der Waals surface area contributed by atoms with E-state index in [9.17, 15) is 14.9 Å². The summed E-state index contributed by atoms with van der Waals surface area (Å²) in [7, 11) is 3.28. The zero-order valence-electron chi connectivity index (χ0n) is 14.7. The maximum absolute atomic E-state index is 12.9. The molecular weight excluding hydrogens is 334 g/mol. The molecule has 26 heavy (non-hydrogen) atoms. The SMILES string of the molecule is COc1ccccc1[C@H](C)N(C)C(=O)c1cc2cccc([N+](=O)[O-])c2[nH]1. The molecule has 7 nitrogen and oxygen atoms in total. The minimum atomic E-state index is -0.464. The van der Waals surface area contributed by atoms with E-state index < -0.39 is 4.92 Å². The van der Waals surface area contributed by atoms with Gasteiger partial charge < -0.3 is 14.6 Å². The molecule has 0 fully saturated rings. The molecule has 1 heterocycles. The number of rotatable bonds is 5. The molecule has 1 amide bonds. The third kappa shape index (κ3) is 2.99. The normalized spacial score (nSPS) is 12.0. The lowest BCUT2D eigenvalue weighted by molar-refractivity contribution is -0.383. The van der Waals surface area contributed by atoms with Crippen molar-refractivity contribution < 1.29 is 14.5 Å². The standard InChI is InChI=1S/C19H19N3O4/c1-12(14-8-4-5-10-17(14)26-3)21(2)19(23)15-11-13-7-6-9-16(22(24)25)18(13)20-15/h4-12,20H,1-3H3/t12-/m0/s1. The highest BCUT2D eigenvalue weighted by molar-refractivity contribution is 6.00. The Bertz CT molecular complexity index is 980. The second kappa shape index (κ2) is 6.87. The molecule has 0 spiro atoms. The van der Waals surface area contributed by atoms with Crippen molar-refractivity contribution in [2.45, 2.75) is 13.0 Å². The number of benzene rings is 2. The lowest BCUT2D eigenvalue weighted by Crippen LogP contribution is -2.30. The van der Waals surface area contributed by atoms with E-state index in [1.807, 2.05) is 31.2 Å². The summed E-state index contributed by atoms with van der Waals surface area (Å²) in [6.45, 7) is 1.90. The van der Waals surface area contributed by atoms with Gasteiger partial charge in [-0.3, -0.25) is 14.9 Å². The summed E-state index contributed by atoms with van der Waals surface area (Å²) < 4.78 is 5.37. The first kappa shape index (κ1) is 17.5. The van der Waals surface area contributed by atoms with Crippen LogP contribution in [0.5, 0.6) is 5.75 Å². The largest absolute Gasteiger partial charge is 0.496 e. The van der Waals surface area contributed by atoms with E-state index in [1.54, 1.807) is 37.3 Å². The molecule has 1 atom stereocenters. The van der Waals surface area contributed by atoms with E-state index >= 15 is 0 Å². The van der Waals surface area contributed by atoms with Crippen LogP contribution in [0, 0.1) is 10.1 Å². The number of hydrogen-bond acceptors (Lipinski definition) is 4. The monoisotopic (exact) mass is 353 g/mol. The Balaban J connectivity index is 1.95. The summed E-state index contributed by atoms with van der Waals surface area (Å²) >= 11 is 0. The first-order valence-electron chi connectivity index (χ1n) is 8.10. The highest BCUT2D eigenvalue weighted by Crippen LogP contribution is 2.30. The van der Waals surface area contributed by atoms with Crippen LogP contribution in [-0.2, 0) is 0 Å². The van der Waals surface area contributed by atoms with Crippen LogP contribution in [0.1, 0.15) is 29.0 Å². The molecule has 3 rings (SSSR count). The number of aromatic nitrogens is 1. The van der Waals surface area contributed by atoms with E-state index in [0.717, 1.165) is 5.56 Å². The van der Waals surface area contributed by atoms with Gasteiger partial charge in [0.1, 0.15) is 17.0 Å².